The van der Waals surface area contributed by atoms with Crippen LogP contribution < -0.4 is 0 Å². The van der Waals surface area contributed by atoms with Crippen molar-refractivity contribution in [1.29, 1.82) is 5.26 Å². The molecular weight excluding hydrogens is 348 g/mol. The highest BCUT2D eigenvalue weighted by Gasteiger charge is 2.35. The lowest BCUT2D eigenvalue weighted by Gasteiger charge is -2.34. The molecule has 140 valence electrons. The third-order valence-electron chi connectivity index (χ3n) is 5.11. The lowest BCUT2D eigenvalue weighted by molar-refractivity contribution is -0.146. The minimum atomic E-state index is -0.715. The standard InChI is InChI=1S/C20H26N2O3S/c1-13(2)9-15-5-3-14(10-17(15)20(24)25)4-6-18(23)16(12-21)11-19-22-7-8-26-19/h7-8,11,13-15,17H,3-6,9-10H2,1-2H3,(H,24,25)/b16-11+/t14?,15-,17+/m0/s1. The van der Waals surface area contributed by atoms with Gasteiger partial charge in [-0.25, -0.2) is 4.98 Å². The van der Waals surface area contributed by atoms with E-state index in [0.29, 0.717) is 23.8 Å². The average molecular weight is 375 g/mol. The normalized spacial score (nSPS) is 23.6. The molecule has 1 unspecified atom stereocenters. The lowest BCUT2D eigenvalue weighted by Crippen LogP contribution is -2.32. The van der Waals surface area contributed by atoms with Gasteiger partial charge in [0, 0.05) is 18.0 Å². The van der Waals surface area contributed by atoms with Crippen molar-refractivity contribution in [2.24, 2.45) is 23.7 Å². The molecule has 0 aromatic carbocycles. The van der Waals surface area contributed by atoms with Crippen LogP contribution in [-0.4, -0.2) is 21.8 Å². The predicted octanol–water partition coefficient (Wildman–Crippen LogP) is 4.56. The Morgan fingerprint density at radius 3 is 2.81 bits per heavy atom. The number of thiazole rings is 1. The van der Waals surface area contributed by atoms with E-state index in [1.807, 2.05) is 6.07 Å². The second-order valence-electron chi connectivity index (χ2n) is 7.52. The molecule has 1 aliphatic rings. The molecular formula is C20H26N2O3S. The maximum Gasteiger partial charge on any atom is 0.306 e. The van der Waals surface area contributed by atoms with E-state index < -0.39 is 5.97 Å². The molecule has 1 heterocycles. The second-order valence-corrected chi connectivity index (χ2v) is 8.44. The number of rotatable bonds is 8. The van der Waals surface area contributed by atoms with Crippen molar-refractivity contribution in [3.63, 3.8) is 0 Å². The predicted molar refractivity (Wildman–Crippen MR) is 101 cm³/mol. The molecule has 5 nitrogen and oxygen atoms in total. The SMILES string of the molecule is CC(C)C[C@@H]1CCC(CCC(=O)/C(C#N)=C/c2nccs2)C[C@H]1C(=O)O. The van der Waals surface area contributed by atoms with Crippen LogP contribution in [0.5, 0.6) is 0 Å². The molecule has 0 radical (unpaired) electrons. The Bertz CT molecular complexity index is 688. The van der Waals surface area contributed by atoms with Gasteiger partial charge in [-0.3, -0.25) is 9.59 Å². The van der Waals surface area contributed by atoms with Gasteiger partial charge in [0.15, 0.2) is 5.78 Å². The Labute approximate surface area is 158 Å². The zero-order chi connectivity index (χ0) is 19.1. The maximum absolute atomic E-state index is 12.3. The molecule has 0 aliphatic heterocycles. The molecule has 0 bridgehead atoms. The Hall–Kier alpha value is -2.00. The van der Waals surface area contributed by atoms with Gasteiger partial charge in [-0.1, -0.05) is 20.3 Å². The summed E-state index contributed by atoms with van der Waals surface area (Å²) in [5, 5.41) is 21.2. The number of nitriles is 1. The molecule has 3 atom stereocenters. The summed E-state index contributed by atoms with van der Waals surface area (Å²) in [6.07, 6.45) is 7.56. The number of carbonyl (C=O) groups is 2. The molecule has 2 rings (SSSR count). The summed E-state index contributed by atoms with van der Waals surface area (Å²) in [5.74, 6) is -0.240. The van der Waals surface area contributed by atoms with Crippen molar-refractivity contribution < 1.29 is 14.7 Å². The molecule has 0 saturated heterocycles. The molecule has 1 N–H and O–H groups in total. The van der Waals surface area contributed by atoms with E-state index >= 15 is 0 Å². The van der Waals surface area contributed by atoms with Crippen LogP contribution in [0, 0.1) is 35.0 Å². The molecule has 1 saturated carbocycles. The average Bonchev–Trinajstić information content (AvgIpc) is 3.11. The molecule has 26 heavy (non-hydrogen) atoms. The number of hydrogen-bond acceptors (Lipinski definition) is 5. The van der Waals surface area contributed by atoms with Gasteiger partial charge >= 0.3 is 5.97 Å². The zero-order valence-corrected chi connectivity index (χ0v) is 16.2. The highest BCUT2D eigenvalue weighted by Crippen LogP contribution is 2.39. The van der Waals surface area contributed by atoms with Crippen LogP contribution in [0.3, 0.4) is 0 Å². The number of Topliss-reactive ketones (excluding diaryl/α,β-unsaturated/α-hetero) is 1. The second kappa shape index (κ2) is 9.63. The Morgan fingerprint density at radius 1 is 1.46 bits per heavy atom. The van der Waals surface area contributed by atoms with Crippen LogP contribution >= 0.6 is 11.3 Å². The monoisotopic (exact) mass is 374 g/mol. The summed E-state index contributed by atoms with van der Waals surface area (Å²) in [6, 6.07) is 1.97. The number of aliphatic carboxylic acids is 1. The first-order valence-electron chi connectivity index (χ1n) is 9.18. The van der Waals surface area contributed by atoms with Gasteiger partial charge in [-0.2, -0.15) is 5.26 Å². The van der Waals surface area contributed by atoms with Crippen molar-refractivity contribution in [3.8, 4) is 6.07 Å². The Balaban J connectivity index is 1.92. The fourth-order valence-corrected chi connectivity index (χ4v) is 4.42. The minimum absolute atomic E-state index is 0.128. The third kappa shape index (κ3) is 5.77. The van der Waals surface area contributed by atoms with Gasteiger partial charge in [0.05, 0.1) is 11.5 Å². The molecule has 6 heteroatoms. The topological polar surface area (TPSA) is 91.0 Å². The van der Waals surface area contributed by atoms with Gasteiger partial charge in [0.2, 0.25) is 0 Å². The van der Waals surface area contributed by atoms with Crippen LogP contribution in [0.15, 0.2) is 17.2 Å². The van der Waals surface area contributed by atoms with E-state index in [9.17, 15) is 20.0 Å². The zero-order valence-electron chi connectivity index (χ0n) is 15.4. The number of allylic oxidation sites excluding steroid dienone is 1. The maximum atomic E-state index is 12.3. The van der Waals surface area contributed by atoms with E-state index in [4.69, 9.17) is 0 Å². The summed E-state index contributed by atoms with van der Waals surface area (Å²) in [7, 11) is 0. The van der Waals surface area contributed by atoms with Crippen molar-refractivity contribution in [2.45, 2.75) is 52.4 Å². The fourth-order valence-electron chi connectivity index (χ4n) is 3.85. The molecule has 1 fully saturated rings. The van der Waals surface area contributed by atoms with Crippen molar-refractivity contribution in [3.05, 3.63) is 22.2 Å². The Kier molecular flexibility index (Phi) is 7.52. The summed E-state index contributed by atoms with van der Waals surface area (Å²) in [4.78, 5) is 28.0. The molecule has 0 amide bonds. The Morgan fingerprint density at radius 2 is 2.23 bits per heavy atom. The molecule has 1 aromatic rings. The first-order valence-corrected chi connectivity index (χ1v) is 10.1. The fraction of sp³-hybridized carbons (Fsp3) is 0.600. The van der Waals surface area contributed by atoms with Gasteiger partial charge in [0.25, 0.3) is 0 Å². The number of hydrogen-bond donors (Lipinski definition) is 1. The van der Waals surface area contributed by atoms with E-state index in [2.05, 4.69) is 18.8 Å². The summed E-state index contributed by atoms with van der Waals surface area (Å²) < 4.78 is 0. The number of carbonyl (C=O) groups excluding carboxylic acids is 1. The first kappa shape index (κ1) is 20.3. The molecule has 0 spiro atoms. The molecule has 1 aliphatic carbocycles. The van der Waals surface area contributed by atoms with Gasteiger partial charge in [0.1, 0.15) is 11.1 Å². The third-order valence-corrected chi connectivity index (χ3v) is 5.84. The summed E-state index contributed by atoms with van der Waals surface area (Å²) in [6.45, 7) is 4.25. The van der Waals surface area contributed by atoms with Gasteiger partial charge < -0.3 is 5.11 Å². The highest BCUT2D eigenvalue weighted by atomic mass is 32.1. The lowest BCUT2D eigenvalue weighted by atomic mass is 9.70. The highest BCUT2D eigenvalue weighted by molar-refractivity contribution is 7.10. The van der Waals surface area contributed by atoms with E-state index in [0.717, 1.165) is 19.3 Å². The number of ketones is 1. The van der Waals surface area contributed by atoms with Crippen LogP contribution in [0.1, 0.15) is 57.4 Å². The van der Waals surface area contributed by atoms with Crippen molar-refractivity contribution >= 4 is 29.2 Å². The van der Waals surface area contributed by atoms with E-state index in [1.54, 1.807) is 11.6 Å². The molecule has 1 aromatic heterocycles. The van der Waals surface area contributed by atoms with E-state index in [-0.39, 0.29) is 35.5 Å². The number of carboxylic acids is 1. The minimum Gasteiger partial charge on any atom is -0.481 e. The van der Waals surface area contributed by atoms with E-state index in [1.165, 1.54) is 17.4 Å². The number of carboxylic acid groups (broad SMARTS) is 1. The van der Waals surface area contributed by atoms with Gasteiger partial charge in [-0.05, 0) is 49.5 Å². The summed E-state index contributed by atoms with van der Waals surface area (Å²) in [5.41, 5.74) is 0.128. The van der Waals surface area contributed by atoms with Crippen LogP contribution in [0.2, 0.25) is 0 Å². The quantitative estimate of drug-likeness (QED) is 0.532. The van der Waals surface area contributed by atoms with Gasteiger partial charge in [-0.15, -0.1) is 11.3 Å². The number of aromatic nitrogens is 1. The number of nitrogens with zero attached hydrogens (tertiary/aromatic N) is 2. The van der Waals surface area contributed by atoms with Crippen LogP contribution in [0.4, 0.5) is 0 Å². The largest absolute Gasteiger partial charge is 0.481 e. The van der Waals surface area contributed by atoms with Crippen molar-refractivity contribution in [2.75, 3.05) is 0 Å². The van der Waals surface area contributed by atoms with Crippen LogP contribution in [0.25, 0.3) is 6.08 Å². The summed E-state index contributed by atoms with van der Waals surface area (Å²) >= 11 is 1.38. The van der Waals surface area contributed by atoms with Crippen molar-refractivity contribution in [1.82, 2.24) is 4.98 Å². The van der Waals surface area contributed by atoms with Crippen LogP contribution in [-0.2, 0) is 9.59 Å². The first-order chi connectivity index (χ1) is 12.4. The smallest absolute Gasteiger partial charge is 0.306 e.